The summed E-state index contributed by atoms with van der Waals surface area (Å²) in [6, 6.07) is -0.387. The molecule has 0 bridgehead atoms. The number of nitrogens with zero attached hydrogens (tertiary/aromatic N) is 1. The molecule has 166 valence electrons. The van der Waals surface area contributed by atoms with E-state index in [2.05, 4.69) is 0 Å². The Morgan fingerprint density at radius 3 is 2.21 bits per heavy atom. The number of carboxylic acid groups (broad SMARTS) is 1. The summed E-state index contributed by atoms with van der Waals surface area (Å²) in [6.45, 7) is 13.5. The van der Waals surface area contributed by atoms with Gasteiger partial charge in [-0.1, -0.05) is 12.8 Å². The number of ether oxygens (including phenoxy) is 1. The lowest BCUT2D eigenvalue weighted by Crippen LogP contribution is -2.54. The zero-order valence-electron chi connectivity index (χ0n) is 18.9. The molecule has 0 aromatic heterocycles. The highest BCUT2D eigenvalue weighted by Gasteiger charge is 2.54. The average Bonchev–Trinajstić information content (AvgIpc) is 2.96. The van der Waals surface area contributed by atoms with Crippen molar-refractivity contribution in [2.24, 2.45) is 5.73 Å². The van der Waals surface area contributed by atoms with Crippen LogP contribution in [-0.2, 0) is 18.8 Å². The molecule has 9 heteroatoms. The van der Waals surface area contributed by atoms with Gasteiger partial charge in [-0.3, -0.25) is 4.90 Å². The van der Waals surface area contributed by atoms with Crippen LogP contribution in [0.2, 0.25) is 6.32 Å². The zero-order chi connectivity index (χ0) is 22.3. The number of unbranched alkanes of at least 4 members (excludes halogenated alkanes) is 1. The van der Waals surface area contributed by atoms with Crippen LogP contribution in [0.25, 0.3) is 0 Å². The van der Waals surface area contributed by atoms with E-state index in [4.69, 9.17) is 19.8 Å². The minimum absolute atomic E-state index is 0.179. The molecule has 2 aliphatic rings. The first-order valence-corrected chi connectivity index (χ1v) is 10.4. The van der Waals surface area contributed by atoms with Crippen LogP contribution in [0.1, 0.15) is 74.1 Å². The first kappa shape index (κ1) is 24.0. The molecule has 0 unspecified atom stereocenters. The molecular formula is C20H37BN2O6. The summed E-state index contributed by atoms with van der Waals surface area (Å²) in [5.74, 6) is -1.04. The molecule has 0 aliphatic carbocycles. The molecule has 0 saturated carbocycles. The van der Waals surface area contributed by atoms with Crippen LogP contribution in [0.15, 0.2) is 0 Å². The van der Waals surface area contributed by atoms with Crippen molar-refractivity contribution in [2.75, 3.05) is 6.54 Å². The van der Waals surface area contributed by atoms with Crippen molar-refractivity contribution in [1.82, 2.24) is 4.90 Å². The molecule has 0 aromatic carbocycles. The van der Waals surface area contributed by atoms with Crippen LogP contribution in [-0.4, -0.2) is 64.1 Å². The molecule has 2 rings (SSSR count). The molecule has 2 saturated heterocycles. The predicted octanol–water partition coefficient (Wildman–Crippen LogP) is 3.04. The maximum absolute atomic E-state index is 12.7. The summed E-state index contributed by atoms with van der Waals surface area (Å²) in [7, 11) is -0.312. The van der Waals surface area contributed by atoms with Crippen LogP contribution in [0, 0.1) is 0 Å². The largest absolute Gasteiger partial charge is 0.479 e. The van der Waals surface area contributed by atoms with E-state index < -0.39 is 23.2 Å². The van der Waals surface area contributed by atoms with Crippen LogP contribution >= 0.6 is 0 Å². The van der Waals surface area contributed by atoms with E-state index in [0.29, 0.717) is 19.2 Å². The minimum atomic E-state index is -1.34. The maximum atomic E-state index is 12.7. The van der Waals surface area contributed by atoms with Gasteiger partial charge in [0.15, 0.2) is 0 Å². The number of carbonyl (C=O) groups excluding carboxylic acids is 1. The summed E-state index contributed by atoms with van der Waals surface area (Å²) in [5.41, 5.74) is 3.25. The average molecular weight is 412 g/mol. The maximum Gasteiger partial charge on any atom is 0.457 e. The second-order valence-corrected chi connectivity index (χ2v) is 10.3. The quantitative estimate of drug-likeness (QED) is 0.509. The third-order valence-corrected chi connectivity index (χ3v) is 6.13. The van der Waals surface area contributed by atoms with Gasteiger partial charge in [-0.15, -0.1) is 0 Å². The molecular weight excluding hydrogens is 375 g/mol. The Bertz CT molecular complexity index is 617. The number of hydrogen-bond donors (Lipinski definition) is 2. The van der Waals surface area contributed by atoms with Gasteiger partial charge in [-0.05, 0) is 67.6 Å². The summed E-state index contributed by atoms with van der Waals surface area (Å²) in [4.78, 5) is 26.2. The third kappa shape index (κ3) is 5.24. The number of aliphatic carboxylic acids is 1. The molecule has 2 atom stereocenters. The number of carbonyl (C=O) groups is 2. The monoisotopic (exact) mass is 412 g/mol. The number of amides is 1. The van der Waals surface area contributed by atoms with Crippen LogP contribution in [0.4, 0.5) is 4.79 Å². The van der Waals surface area contributed by atoms with E-state index in [1.165, 1.54) is 4.90 Å². The predicted molar refractivity (Wildman–Crippen MR) is 111 cm³/mol. The standard InChI is InChI=1S/C20H37BN2O6/c1-17(2,3)27-16(26)23-13-14(22)12-20(23,15(24)25)10-8-9-11-21-28-18(4,5)19(6,7)29-21/h14H,8-13,22H2,1-7H3,(H,24,25)/t14-,20+/m0/s1. The van der Waals surface area contributed by atoms with Gasteiger partial charge in [0, 0.05) is 12.6 Å². The van der Waals surface area contributed by atoms with Crippen molar-refractivity contribution >= 4 is 19.2 Å². The van der Waals surface area contributed by atoms with E-state index in [0.717, 1.165) is 6.42 Å². The SMILES string of the molecule is CC(C)(C)OC(=O)N1C[C@@H](N)C[C@]1(CCCCB1OC(C)(C)C(C)(C)O1)C(=O)O. The van der Waals surface area contributed by atoms with E-state index in [-0.39, 0.29) is 37.3 Å². The van der Waals surface area contributed by atoms with Gasteiger partial charge in [0.2, 0.25) is 0 Å². The molecule has 8 nitrogen and oxygen atoms in total. The van der Waals surface area contributed by atoms with E-state index in [1.807, 2.05) is 27.7 Å². The minimum Gasteiger partial charge on any atom is -0.479 e. The van der Waals surface area contributed by atoms with Gasteiger partial charge in [0.05, 0.1) is 11.2 Å². The Hall–Kier alpha value is -1.32. The number of rotatable bonds is 6. The van der Waals surface area contributed by atoms with E-state index >= 15 is 0 Å². The Morgan fingerprint density at radius 1 is 1.17 bits per heavy atom. The second kappa shape index (κ2) is 8.08. The Kier molecular flexibility index (Phi) is 6.67. The topological polar surface area (TPSA) is 111 Å². The molecule has 29 heavy (non-hydrogen) atoms. The number of carboxylic acids is 1. The highest BCUT2D eigenvalue weighted by Crippen LogP contribution is 2.39. The van der Waals surface area contributed by atoms with Crippen LogP contribution in [0.5, 0.6) is 0 Å². The lowest BCUT2D eigenvalue weighted by atomic mass is 9.80. The van der Waals surface area contributed by atoms with Crippen molar-refractivity contribution < 1.29 is 28.7 Å². The van der Waals surface area contributed by atoms with Gasteiger partial charge in [0.1, 0.15) is 11.1 Å². The molecule has 0 spiro atoms. The lowest BCUT2D eigenvalue weighted by Gasteiger charge is -2.35. The highest BCUT2D eigenvalue weighted by molar-refractivity contribution is 6.45. The summed E-state index contributed by atoms with van der Waals surface area (Å²) >= 11 is 0. The van der Waals surface area contributed by atoms with Crippen molar-refractivity contribution in [2.45, 2.75) is 109 Å². The summed E-state index contributed by atoms with van der Waals surface area (Å²) in [6.07, 6.45) is 1.92. The molecule has 1 amide bonds. The first-order valence-electron chi connectivity index (χ1n) is 10.4. The Morgan fingerprint density at radius 2 is 1.72 bits per heavy atom. The fraction of sp³-hybridized carbons (Fsp3) is 0.900. The van der Waals surface area contributed by atoms with Crippen LogP contribution in [0.3, 0.4) is 0 Å². The van der Waals surface area contributed by atoms with Crippen molar-refractivity contribution in [1.29, 1.82) is 0 Å². The number of nitrogens with two attached hydrogens (primary N) is 1. The van der Waals surface area contributed by atoms with Gasteiger partial charge in [-0.25, -0.2) is 9.59 Å². The van der Waals surface area contributed by atoms with Crippen molar-refractivity contribution in [3.8, 4) is 0 Å². The molecule has 2 aliphatic heterocycles. The fourth-order valence-electron chi connectivity index (χ4n) is 3.94. The van der Waals surface area contributed by atoms with Gasteiger partial charge in [0.25, 0.3) is 0 Å². The van der Waals surface area contributed by atoms with E-state index in [9.17, 15) is 14.7 Å². The normalized spacial score (nSPS) is 28.6. The molecule has 2 fully saturated rings. The first-order chi connectivity index (χ1) is 13.1. The van der Waals surface area contributed by atoms with Gasteiger partial charge >= 0.3 is 19.2 Å². The molecule has 0 aromatic rings. The molecule has 2 heterocycles. The molecule has 3 N–H and O–H groups in total. The van der Waals surface area contributed by atoms with Crippen molar-refractivity contribution in [3.63, 3.8) is 0 Å². The van der Waals surface area contributed by atoms with Crippen molar-refractivity contribution in [3.05, 3.63) is 0 Å². The zero-order valence-corrected chi connectivity index (χ0v) is 18.9. The number of likely N-dealkylation sites (tertiary alicyclic amines) is 1. The Labute approximate surface area is 174 Å². The van der Waals surface area contributed by atoms with E-state index in [1.54, 1.807) is 20.8 Å². The highest BCUT2D eigenvalue weighted by atomic mass is 16.7. The van der Waals surface area contributed by atoms with Crippen LogP contribution < -0.4 is 5.73 Å². The lowest BCUT2D eigenvalue weighted by molar-refractivity contribution is -0.150. The van der Waals surface area contributed by atoms with Gasteiger partial charge < -0.3 is 24.9 Å². The Balaban J connectivity index is 1.99. The second-order valence-electron chi connectivity index (χ2n) is 10.3. The fourth-order valence-corrected chi connectivity index (χ4v) is 3.94. The number of hydrogen-bond acceptors (Lipinski definition) is 6. The van der Waals surface area contributed by atoms with Gasteiger partial charge in [-0.2, -0.15) is 0 Å². The smallest absolute Gasteiger partial charge is 0.457 e. The summed E-state index contributed by atoms with van der Waals surface area (Å²) in [5, 5.41) is 9.99. The third-order valence-electron chi connectivity index (χ3n) is 6.13. The molecule has 0 radical (unpaired) electrons. The summed E-state index contributed by atoms with van der Waals surface area (Å²) < 4.78 is 17.4.